The summed E-state index contributed by atoms with van der Waals surface area (Å²) >= 11 is 0. The molecule has 3 aromatic rings. The first-order valence-corrected chi connectivity index (χ1v) is 6.55. The molecule has 0 aliphatic rings. The van der Waals surface area contributed by atoms with Gasteiger partial charge in [0.25, 0.3) is 5.56 Å². The maximum Gasteiger partial charge on any atom is 0.272 e. The Balaban J connectivity index is 0.000000774. The second-order valence-corrected chi connectivity index (χ2v) is 4.22. The molecule has 1 aromatic heterocycles. The molecule has 3 heteroatoms. The first-order valence-electron chi connectivity index (χ1n) is 6.55. The molecule has 3 rings (SSSR count). The Hall–Kier alpha value is -2.94. The van der Waals surface area contributed by atoms with Gasteiger partial charge in [0.15, 0.2) is 0 Å². The van der Waals surface area contributed by atoms with Gasteiger partial charge in [-0.1, -0.05) is 60.7 Å². The molecule has 0 radical (unpaired) electrons. The lowest BCUT2D eigenvalue weighted by molar-refractivity contribution is 0.994. The summed E-state index contributed by atoms with van der Waals surface area (Å²) in [5.41, 5.74) is 3.20. The third-order valence-electron chi connectivity index (χ3n) is 3.00. The third kappa shape index (κ3) is 3.15. The summed E-state index contributed by atoms with van der Waals surface area (Å²) in [4.78, 5) is 12.1. The third-order valence-corrected chi connectivity index (χ3v) is 3.00. The predicted molar refractivity (Wildman–Crippen MR) is 87.0 cm³/mol. The molecule has 0 saturated heterocycles. The minimum Gasteiger partial charge on any atom is -0.267 e. The van der Waals surface area contributed by atoms with E-state index in [9.17, 15) is 4.79 Å². The zero-order valence-electron chi connectivity index (χ0n) is 11.6. The van der Waals surface area contributed by atoms with Gasteiger partial charge in [0, 0.05) is 5.56 Å². The van der Waals surface area contributed by atoms with Gasteiger partial charge in [-0.15, -0.1) is 13.2 Å². The highest BCUT2D eigenvalue weighted by molar-refractivity contribution is 5.81. The molecule has 1 heterocycles. The molecular formula is C18H16N2O. The summed E-state index contributed by atoms with van der Waals surface area (Å²) in [6.07, 6.45) is 1.69. The van der Waals surface area contributed by atoms with Gasteiger partial charge >= 0.3 is 0 Å². The van der Waals surface area contributed by atoms with Crippen LogP contribution < -0.4 is 5.56 Å². The zero-order valence-corrected chi connectivity index (χ0v) is 11.6. The highest BCUT2D eigenvalue weighted by Crippen LogP contribution is 2.27. The van der Waals surface area contributed by atoms with Crippen molar-refractivity contribution in [3.05, 3.63) is 90.4 Å². The molecule has 0 bridgehead atoms. The fourth-order valence-corrected chi connectivity index (χ4v) is 2.13. The number of H-pyrrole nitrogens is 1. The minimum atomic E-state index is -0.174. The van der Waals surface area contributed by atoms with Gasteiger partial charge < -0.3 is 0 Å². The fourth-order valence-electron chi connectivity index (χ4n) is 2.13. The standard InChI is InChI=1S/C16H12N2O.C2H4/c19-16-15(13-9-5-2-6-10-13)14(11-17-18-16)12-7-3-1-4-8-12;1-2/h1-11H,(H,18,19);1-2H2. The summed E-state index contributed by atoms with van der Waals surface area (Å²) in [5, 5.41) is 6.41. The summed E-state index contributed by atoms with van der Waals surface area (Å²) in [7, 11) is 0. The molecule has 0 amide bonds. The fraction of sp³-hybridized carbons (Fsp3) is 0. The largest absolute Gasteiger partial charge is 0.272 e. The van der Waals surface area contributed by atoms with Crippen LogP contribution in [-0.4, -0.2) is 10.2 Å². The van der Waals surface area contributed by atoms with E-state index in [4.69, 9.17) is 0 Å². The van der Waals surface area contributed by atoms with Gasteiger partial charge in [-0.3, -0.25) is 4.79 Å². The number of rotatable bonds is 2. The van der Waals surface area contributed by atoms with Gasteiger partial charge in [-0.25, -0.2) is 5.10 Å². The summed E-state index contributed by atoms with van der Waals surface area (Å²) < 4.78 is 0. The van der Waals surface area contributed by atoms with E-state index in [1.807, 2.05) is 60.7 Å². The van der Waals surface area contributed by atoms with Gasteiger partial charge in [-0.05, 0) is 11.1 Å². The van der Waals surface area contributed by atoms with E-state index in [2.05, 4.69) is 23.4 Å². The molecule has 104 valence electrons. The molecule has 0 fully saturated rings. The van der Waals surface area contributed by atoms with Crippen molar-refractivity contribution in [3.63, 3.8) is 0 Å². The normalized spacial score (nSPS) is 9.52. The zero-order chi connectivity index (χ0) is 15.1. The number of aromatic nitrogens is 2. The van der Waals surface area contributed by atoms with Crippen LogP contribution in [0.2, 0.25) is 0 Å². The SMILES string of the molecule is C=C.O=c1[nH]ncc(-c2ccccc2)c1-c1ccccc1. The Morgan fingerprint density at radius 3 is 1.90 bits per heavy atom. The smallest absolute Gasteiger partial charge is 0.267 e. The van der Waals surface area contributed by atoms with Gasteiger partial charge in [-0.2, -0.15) is 5.10 Å². The molecule has 0 saturated carbocycles. The molecule has 0 aliphatic carbocycles. The number of aromatic amines is 1. The van der Waals surface area contributed by atoms with Crippen molar-refractivity contribution in [2.24, 2.45) is 0 Å². The average Bonchev–Trinajstić information content (AvgIpc) is 2.58. The molecule has 0 unspecified atom stereocenters. The van der Waals surface area contributed by atoms with E-state index < -0.39 is 0 Å². The Morgan fingerprint density at radius 2 is 1.33 bits per heavy atom. The molecule has 1 N–H and O–H groups in total. The van der Waals surface area contributed by atoms with Crippen molar-refractivity contribution >= 4 is 0 Å². The summed E-state index contributed by atoms with van der Waals surface area (Å²) in [6, 6.07) is 19.4. The van der Waals surface area contributed by atoms with Crippen LogP contribution in [0.25, 0.3) is 22.3 Å². The minimum absolute atomic E-state index is 0.174. The number of nitrogens with one attached hydrogen (secondary N) is 1. The lowest BCUT2D eigenvalue weighted by atomic mass is 9.98. The van der Waals surface area contributed by atoms with Crippen LogP contribution in [0.15, 0.2) is 84.8 Å². The Bertz CT molecular complexity index is 749. The molecule has 3 nitrogen and oxygen atoms in total. The molecule has 2 aromatic carbocycles. The topological polar surface area (TPSA) is 45.8 Å². The Morgan fingerprint density at radius 1 is 0.810 bits per heavy atom. The lowest BCUT2D eigenvalue weighted by Gasteiger charge is -2.07. The van der Waals surface area contributed by atoms with Crippen molar-refractivity contribution in [3.8, 4) is 22.3 Å². The van der Waals surface area contributed by atoms with Crippen molar-refractivity contribution in [1.29, 1.82) is 0 Å². The summed E-state index contributed by atoms with van der Waals surface area (Å²) in [5.74, 6) is 0. The van der Waals surface area contributed by atoms with Crippen LogP contribution in [0.1, 0.15) is 0 Å². The van der Waals surface area contributed by atoms with E-state index >= 15 is 0 Å². The molecule has 21 heavy (non-hydrogen) atoms. The van der Waals surface area contributed by atoms with Gasteiger partial charge in [0.1, 0.15) is 0 Å². The van der Waals surface area contributed by atoms with Crippen LogP contribution in [0.3, 0.4) is 0 Å². The van der Waals surface area contributed by atoms with Crippen LogP contribution >= 0.6 is 0 Å². The van der Waals surface area contributed by atoms with Crippen molar-refractivity contribution < 1.29 is 0 Å². The van der Waals surface area contributed by atoms with E-state index in [0.717, 1.165) is 16.7 Å². The van der Waals surface area contributed by atoms with Gasteiger partial charge in [0.05, 0.1) is 11.8 Å². The van der Waals surface area contributed by atoms with Crippen molar-refractivity contribution in [2.45, 2.75) is 0 Å². The van der Waals surface area contributed by atoms with Crippen LogP contribution in [0.5, 0.6) is 0 Å². The van der Waals surface area contributed by atoms with Crippen LogP contribution in [-0.2, 0) is 0 Å². The summed E-state index contributed by atoms with van der Waals surface area (Å²) in [6.45, 7) is 6.00. The molecule has 0 atom stereocenters. The Kier molecular flexibility index (Phi) is 4.83. The number of nitrogens with zero attached hydrogens (tertiary/aromatic N) is 1. The maximum absolute atomic E-state index is 12.1. The highest BCUT2D eigenvalue weighted by Gasteiger charge is 2.11. The van der Waals surface area contributed by atoms with E-state index in [1.54, 1.807) is 6.20 Å². The predicted octanol–water partition coefficient (Wildman–Crippen LogP) is 3.91. The number of hydrogen-bond acceptors (Lipinski definition) is 2. The number of benzene rings is 2. The van der Waals surface area contributed by atoms with Gasteiger partial charge in [0.2, 0.25) is 0 Å². The highest BCUT2D eigenvalue weighted by atomic mass is 16.1. The quantitative estimate of drug-likeness (QED) is 0.721. The first-order chi connectivity index (χ1) is 10.4. The molecule has 0 aliphatic heterocycles. The van der Waals surface area contributed by atoms with Crippen molar-refractivity contribution in [1.82, 2.24) is 10.2 Å². The van der Waals surface area contributed by atoms with E-state index in [-0.39, 0.29) is 5.56 Å². The van der Waals surface area contributed by atoms with Crippen LogP contribution in [0.4, 0.5) is 0 Å². The monoisotopic (exact) mass is 276 g/mol. The van der Waals surface area contributed by atoms with E-state index in [0.29, 0.717) is 5.56 Å². The first kappa shape index (κ1) is 14.5. The van der Waals surface area contributed by atoms with E-state index in [1.165, 1.54) is 0 Å². The number of hydrogen-bond donors (Lipinski definition) is 1. The second-order valence-electron chi connectivity index (χ2n) is 4.22. The molecular weight excluding hydrogens is 260 g/mol. The van der Waals surface area contributed by atoms with Crippen molar-refractivity contribution in [2.75, 3.05) is 0 Å². The molecule has 0 spiro atoms. The Labute approximate surface area is 123 Å². The average molecular weight is 276 g/mol. The van der Waals surface area contributed by atoms with Crippen LogP contribution in [0, 0.1) is 0 Å². The second kappa shape index (κ2) is 7.01. The lowest BCUT2D eigenvalue weighted by Crippen LogP contribution is -2.11. The maximum atomic E-state index is 12.1.